The standard InChI is InChI=1S/C27H32N4O2Si/c1-30-19-22(18-29-30)21-12-20-13-23(8-9-27(20)28-17-21)31(10-7-11-34(4,5)6)24-14-25(32-2)16-26(15-24)33-3/h8-9,12-15,17-19,25H,10,16H2,1-6H3. The number of methoxy groups -OCH3 is 2. The number of hydrogen-bond donors (Lipinski definition) is 0. The Morgan fingerprint density at radius 3 is 2.65 bits per heavy atom. The summed E-state index contributed by atoms with van der Waals surface area (Å²) in [6.07, 6.45) is 10.7. The molecule has 4 rings (SSSR count). The average Bonchev–Trinajstić information content (AvgIpc) is 3.26. The van der Waals surface area contributed by atoms with Crippen molar-refractivity contribution in [2.24, 2.45) is 7.05 Å². The van der Waals surface area contributed by atoms with Crippen molar-refractivity contribution in [1.29, 1.82) is 0 Å². The van der Waals surface area contributed by atoms with Crippen molar-refractivity contribution in [3.05, 3.63) is 66.5 Å². The minimum atomic E-state index is -1.49. The van der Waals surface area contributed by atoms with Gasteiger partial charge in [0.25, 0.3) is 0 Å². The van der Waals surface area contributed by atoms with Gasteiger partial charge in [0.15, 0.2) is 0 Å². The third-order valence-corrected chi connectivity index (χ3v) is 6.59. The second-order valence-electron chi connectivity index (χ2n) is 9.53. The van der Waals surface area contributed by atoms with Crippen LogP contribution in [0.1, 0.15) is 6.42 Å². The monoisotopic (exact) mass is 472 g/mol. The molecule has 0 bridgehead atoms. The molecule has 0 fully saturated rings. The smallest absolute Gasteiger partial charge is 0.129 e. The number of fused-ring (bicyclic) bond motifs is 1. The molecule has 176 valence electrons. The van der Waals surface area contributed by atoms with Crippen LogP contribution >= 0.6 is 0 Å². The van der Waals surface area contributed by atoms with Crippen molar-refractivity contribution in [2.75, 3.05) is 25.7 Å². The zero-order valence-electron chi connectivity index (χ0n) is 20.8. The Labute approximate surface area is 202 Å². The predicted octanol–water partition coefficient (Wildman–Crippen LogP) is 5.16. The van der Waals surface area contributed by atoms with Crippen molar-refractivity contribution < 1.29 is 9.47 Å². The molecule has 1 aliphatic rings. The number of hydrogen-bond acceptors (Lipinski definition) is 5. The first-order chi connectivity index (χ1) is 16.3. The molecule has 0 N–H and O–H groups in total. The van der Waals surface area contributed by atoms with Gasteiger partial charge in [0, 0.05) is 60.9 Å². The third-order valence-electron chi connectivity index (χ3n) is 5.66. The highest BCUT2D eigenvalue weighted by Gasteiger charge is 2.20. The van der Waals surface area contributed by atoms with Crippen LogP contribution < -0.4 is 4.90 Å². The summed E-state index contributed by atoms with van der Waals surface area (Å²) in [6, 6.07) is 8.51. The van der Waals surface area contributed by atoms with E-state index in [-0.39, 0.29) is 6.10 Å². The fraction of sp³-hybridized carbons (Fsp3) is 0.333. The van der Waals surface area contributed by atoms with Crippen LogP contribution in [0.2, 0.25) is 19.6 Å². The van der Waals surface area contributed by atoms with Gasteiger partial charge in [0.2, 0.25) is 0 Å². The number of benzene rings is 1. The van der Waals surface area contributed by atoms with E-state index in [9.17, 15) is 0 Å². The Kier molecular flexibility index (Phi) is 6.91. The molecule has 0 saturated carbocycles. The van der Waals surface area contributed by atoms with Crippen molar-refractivity contribution in [3.8, 4) is 22.6 Å². The number of ether oxygens (including phenoxy) is 2. The first kappa shape index (κ1) is 23.8. The maximum absolute atomic E-state index is 5.66. The van der Waals surface area contributed by atoms with E-state index in [1.807, 2.05) is 25.6 Å². The first-order valence-electron chi connectivity index (χ1n) is 11.4. The average molecular weight is 473 g/mol. The fourth-order valence-electron chi connectivity index (χ4n) is 3.91. The van der Waals surface area contributed by atoms with Crippen LogP contribution in [-0.4, -0.2) is 49.7 Å². The molecule has 1 unspecified atom stereocenters. The van der Waals surface area contributed by atoms with Gasteiger partial charge in [-0.1, -0.05) is 25.6 Å². The maximum atomic E-state index is 5.66. The topological polar surface area (TPSA) is 52.4 Å². The van der Waals surface area contributed by atoms with Gasteiger partial charge in [-0.25, -0.2) is 0 Å². The highest BCUT2D eigenvalue weighted by molar-refractivity contribution is 6.83. The molecule has 0 spiro atoms. The van der Waals surface area contributed by atoms with Crippen molar-refractivity contribution in [3.63, 3.8) is 0 Å². The van der Waals surface area contributed by atoms with E-state index in [2.05, 4.69) is 82.5 Å². The second-order valence-corrected chi connectivity index (χ2v) is 14.3. The van der Waals surface area contributed by atoms with Crippen molar-refractivity contribution in [2.45, 2.75) is 32.2 Å². The second kappa shape index (κ2) is 9.88. The molecule has 2 aromatic heterocycles. The zero-order valence-corrected chi connectivity index (χ0v) is 21.8. The Bertz CT molecular complexity index is 1310. The molecule has 0 radical (unpaired) electrons. The number of aryl methyl sites for hydroxylation is 1. The molecule has 0 aliphatic heterocycles. The van der Waals surface area contributed by atoms with Crippen LogP contribution in [0.4, 0.5) is 5.69 Å². The Balaban J connectivity index is 1.78. The molecule has 0 saturated heterocycles. The largest absolute Gasteiger partial charge is 0.501 e. The summed E-state index contributed by atoms with van der Waals surface area (Å²) < 4.78 is 13.1. The molecule has 7 heteroatoms. The molecule has 1 aromatic carbocycles. The number of aromatic nitrogens is 3. The summed E-state index contributed by atoms with van der Waals surface area (Å²) in [5.74, 6) is 4.33. The van der Waals surface area contributed by atoms with E-state index in [0.29, 0.717) is 6.54 Å². The van der Waals surface area contributed by atoms with Crippen LogP contribution in [0, 0.1) is 11.5 Å². The third kappa shape index (κ3) is 5.58. The summed E-state index contributed by atoms with van der Waals surface area (Å²) in [6.45, 7) is 7.36. The van der Waals surface area contributed by atoms with E-state index in [0.717, 1.165) is 45.6 Å². The SMILES string of the molecule is COC1=CC(N(CC#C[Si](C)(C)C)c2ccc3ncc(-c4cnn(C)c4)cc3c2)=CC(OC)C1. The Morgan fingerprint density at radius 1 is 1.15 bits per heavy atom. The molecule has 1 aliphatic carbocycles. The summed E-state index contributed by atoms with van der Waals surface area (Å²) in [7, 11) is 3.86. The number of rotatable bonds is 6. The number of allylic oxidation sites excluding steroid dienone is 1. The van der Waals surface area contributed by atoms with E-state index in [4.69, 9.17) is 9.47 Å². The van der Waals surface area contributed by atoms with Crippen LogP contribution in [0.3, 0.4) is 0 Å². The van der Waals surface area contributed by atoms with E-state index < -0.39 is 8.07 Å². The Hall–Kier alpha value is -3.34. The summed E-state index contributed by atoms with van der Waals surface area (Å²) in [4.78, 5) is 6.91. The highest BCUT2D eigenvalue weighted by Crippen LogP contribution is 2.30. The van der Waals surface area contributed by atoms with Gasteiger partial charge in [-0.3, -0.25) is 9.67 Å². The van der Waals surface area contributed by atoms with Crippen molar-refractivity contribution >= 4 is 24.7 Å². The van der Waals surface area contributed by atoms with Crippen molar-refractivity contribution in [1.82, 2.24) is 14.8 Å². The summed E-state index contributed by atoms with van der Waals surface area (Å²) in [5, 5.41) is 5.36. The normalized spacial score (nSPS) is 15.9. The quantitative estimate of drug-likeness (QED) is 0.367. The fourth-order valence-corrected chi connectivity index (χ4v) is 4.52. The lowest BCUT2D eigenvalue weighted by atomic mass is 10.0. The lowest BCUT2D eigenvalue weighted by molar-refractivity contribution is 0.120. The minimum absolute atomic E-state index is 0.0401. The number of pyridine rings is 1. The van der Waals surface area contributed by atoms with Gasteiger partial charge in [-0.2, -0.15) is 5.10 Å². The molecule has 34 heavy (non-hydrogen) atoms. The van der Waals surface area contributed by atoms with Gasteiger partial charge in [0.1, 0.15) is 13.8 Å². The molecule has 0 amide bonds. The van der Waals surface area contributed by atoms with Crippen LogP contribution in [0.5, 0.6) is 0 Å². The summed E-state index contributed by atoms with van der Waals surface area (Å²) in [5.41, 5.74) is 8.61. The predicted molar refractivity (Wildman–Crippen MR) is 141 cm³/mol. The van der Waals surface area contributed by atoms with E-state index >= 15 is 0 Å². The molecule has 3 aromatic rings. The lowest BCUT2D eigenvalue weighted by Gasteiger charge is -2.29. The molecule has 1 atom stereocenters. The van der Waals surface area contributed by atoms with E-state index in [1.54, 1.807) is 18.9 Å². The highest BCUT2D eigenvalue weighted by atomic mass is 28.3. The molecule has 6 nitrogen and oxygen atoms in total. The zero-order chi connectivity index (χ0) is 24.3. The van der Waals surface area contributed by atoms with Crippen LogP contribution in [-0.2, 0) is 16.5 Å². The first-order valence-corrected chi connectivity index (χ1v) is 14.9. The minimum Gasteiger partial charge on any atom is -0.501 e. The van der Waals surface area contributed by atoms with Gasteiger partial charge in [0.05, 0.1) is 31.5 Å². The van der Waals surface area contributed by atoms with E-state index in [1.165, 1.54) is 0 Å². The molecule has 2 heterocycles. The number of anilines is 1. The van der Waals surface area contributed by atoms with Gasteiger partial charge in [-0.05, 0) is 36.4 Å². The number of nitrogens with zero attached hydrogens (tertiary/aromatic N) is 4. The van der Waals surface area contributed by atoms with Crippen LogP contribution in [0.25, 0.3) is 22.0 Å². The summed E-state index contributed by atoms with van der Waals surface area (Å²) >= 11 is 0. The Morgan fingerprint density at radius 2 is 1.97 bits per heavy atom. The van der Waals surface area contributed by atoms with Crippen LogP contribution in [0.15, 0.2) is 66.5 Å². The van der Waals surface area contributed by atoms with Gasteiger partial charge in [-0.15, -0.1) is 5.54 Å². The maximum Gasteiger partial charge on any atom is 0.129 e. The van der Waals surface area contributed by atoms with Gasteiger partial charge < -0.3 is 14.4 Å². The molecular weight excluding hydrogens is 440 g/mol. The molecular formula is C27H32N4O2Si. The lowest BCUT2D eigenvalue weighted by Crippen LogP contribution is -2.27. The van der Waals surface area contributed by atoms with Gasteiger partial charge >= 0.3 is 0 Å².